The number of hydrogen-bond acceptors (Lipinski definition) is 7. The number of fused-ring (bicyclic) bond motifs is 1. The number of morpholine rings is 1. The molecule has 1 N–H and O–H groups in total. The molecule has 0 radical (unpaired) electrons. The van der Waals surface area contributed by atoms with E-state index in [1.54, 1.807) is 52.2 Å². The molecule has 12 heteroatoms. The Kier molecular flexibility index (Phi) is 8.87. The summed E-state index contributed by atoms with van der Waals surface area (Å²) in [7, 11) is 0. The molecule has 4 aromatic carbocycles. The number of carbonyl (C=O) groups excluding carboxylic acids is 2. The molecule has 1 aliphatic heterocycles. The van der Waals surface area contributed by atoms with Gasteiger partial charge in [0, 0.05) is 29.2 Å². The smallest absolute Gasteiger partial charge is 0.254 e. The Labute approximate surface area is 280 Å². The molecule has 0 aliphatic carbocycles. The van der Waals surface area contributed by atoms with Gasteiger partial charge in [-0.1, -0.05) is 65.3 Å². The van der Waals surface area contributed by atoms with Gasteiger partial charge in [0.25, 0.3) is 11.8 Å². The van der Waals surface area contributed by atoms with E-state index in [-0.39, 0.29) is 25.6 Å². The van der Waals surface area contributed by atoms with Crippen molar-refractivity contribution in [3.05, 3.63) is 131 Å². The molecular formula is C36H29ClFN7O3. The van der Waals surface area contributed by atoms with Gasteiger partial charge in [-0.05, 0) is 59.2 Å². The second kappa shape index (κ2) is 13.7. The fourth-order valence-corrected chi connectivity index (χ4v) is 5.62. The Morgan fingerprint density at radius 1 is 0.938 bits per heavy atom. The number of aromatic nitrogens is 5. The maximum absolute atomic E-state index is 14.9. The van der Waals surface area contributed by atoms with Crippen molar-refractivity contribution in [1.29, 1.82) is 0 Å². The molecule has 7 rings (SSSR count). The van der Waals surface area contributed by atoms with Crippen LogP contribution in [0.4, 0.5) is 4.39 Å². The third-order valence-electron chi connectivity index (χ3n) is 8.12. The van der Waals surface area contributed by atoms with Crippen LogP contribution in [0.25, 0.3) is 33.5 Å². The van der Waals surface area contributed by atoms with Gasteiger partial charge in [-0.2, -0.15) is 0 Å². The van der Waals surface area contributed by atoms with Crippen molar-refractivity contribution in [1.82, 2.24) is 35.2 Å². The van der Waals surface area contributed by atoms with Crippen molar-refractivity contribution >= 4 is 34.4 Å². The van der Waals surface area contributed by atoms with Crippen molar-refractivity contribution in [2.75, 3.05) is 19.7 Å². The van der Waals surface area contributed by atoms with Crippen LogP contribution in [-0.4, -0.2) is 67.5 Å². The molecule has 0 saturated carbocycles. The minimum atomic E-state index is -0.868. The molecule has 0 bridgehead atoms. The molecule has 10 nitrogen and oxygen atoms in total. The van der Waals surface area contributed by atoms with Crippen LogP contribution in [-0.2, 0) is 22.6 Å². The van der Waals surface area contributed by atoms with Crippen LogP contribution in [0.3, 0.4) is 0 Å². The molecule has 48 heavy (non-hydrogen) atoms. The summed E-state index contributed by atoms with van der Waals surface area (Å²) in [6.07, 6.45) is 2.62. The highest BCUT2D eigenvalue weighted by molar-refractivity contribution is 6.30. The van der Waals surface area contributed by atoms with Crippen LogP contribution in [0.15, 0.2) is 103 Å². The quantitative estimate of drug-likeness (QED) is 0.227. The summed E-state index contributed by atoms with van der Waals surface area (Å²) in [6.45, 7) is 1.09. The summed E-state index contributed by atoms with van der Waals surface area (Å²) in [5.41, 5.74) is 6.15. The lowest BCUT2D eigenvalue weighted by atomic mass is 10.0. The molecular weight excluding hydrogens is 633 g/mol. The number of ether oxygens (including phenoxy) is 1. The number of carbonyl (C=O) groups is 2. The maximum Gasteiger partial charge on any atom is 0.254 e. The van der Waals surface area contributed by atoms with Crippen LogP contribution in [0, 0.1) is 5.82 Å². The zero-order chi connectivity index (χ0) is 33.0. The third-order valence-corrected chi connectivity index (χ3v) is 8.38. The van der Waals surface area contributed by atoms with E-state index in [9.17, 15) is 14.0 Å². The highest BCUT2D eigenvalue weighted by Gasteiger charge is 2.30. The normalized spacial score (nSPS) is 14.6. The molecule has 2 aromatic heterocycles. The van der Waals surface area contributed by atoms with Crippen molar-refractivity contribution in [2.24, 2.45) is 0 Å². The summed E-state index contributed by atoms with van der Waals surface area (Å²) < 4.78 is 22.2. The monoisotopic (exact) mass is 661 g/mol. The minimum Gasteiger partial charge on any atom is -0.365 e. The fourth-order valence-electron chi connectivity index (χ4n) is 5.50. The summed E-state index contributed by atoms with van der Waals surface area (Å²) >= 11 is 5.95. The number of para-hydroxylation sites is 2. The second-order valence-corrected chi connectivity index (χ2v) is 11.8. The summed E-state index contributed by atoms with van der Waals surface area (Å²) in [5.74, 6) is -1.05. The maximum atomic E-state index is 14.9. The predicted molar refractivity (Wildman–Crippen MR) is 178 cm³/mol. The van der Waals surface area contributed by atoms with Gasteiger partial charge in [0.2, 0.25) is 0 Å². The largest absolute Gasteiger partial charge is 0.365 e. The van der Waals surface area contributed by atoms with Gasteiger partial charge in [-0.3, -0.25) is 14.6 Å². The van der Waals surface area contributed by atoms with Crippen LogP contribution >= 0.6 is 11.6 Å². The molecule has 1 unspecified atom stereocenters. The van der Waals surface area contributed by atoms with Crippen molar-refractivity contribution < 1.29 is 18.7 Å². The second-order valence-electron chi connectivity index (χ2n) is 11.4. The first-order valence-corrected chi connectivity index (χ1v) is 15.7. The first-order chi connectivity index (χ1) is 23.4. The molecule has 1 fully saturated rings. The molecule has 1 aliphatic rings. The number of hydrogen-bond donors (Lipinski definition) is 1. The van der Waals surface area contributed by atoms with Crippen LogP contribution < -0.4 is 5.32 Å². The highest BCUT2D eigenvalue weighted by Crippen LogP contribution is 2.24. The molecule has 3 heterocycles. The van der Waals surface area contributed by atoms with Crippen molar-refractivity contribution in [2.45, 2.75) is 19.2 Å². The summed E-state index contributed by atoms with van der Waals surface area (Å²) in [5, 5.41) is 11.8. The van der Waals surface area contributed by atoms with E-state index in [4.69, 9.17) is 16.3 Å². The number of halogens is 2. The zero-order valence-electron chi connectivity index (χ0n) is 25.6. The highest BCUT2D eigenvalue weighted by atomic mass is 35.5. The van der Waals surface area contributed by atoms with Gasteiger partial charge >= 0.3 is 0 Å². The Morgan fingerprint density at radius 3 is 2.50 bits per heavy atom. The third kappa shape index (κ3) is 6.92. The number of benzene rings is 4. The molecule has 0 spiro atoms. The van der Waals surface area contributed by atoms with E-state index in [2.05, 4.69) is 25.6 Å². The van der Waals surface area contributed by atoms with Gasteiger partial charge in [0.15, 0.2) is 6.10 Å². The van der Waals surface area contributed by atoms with E-state index in [0.717, 1.165) is 22.2 Å². The minimum absolute atomic E-state index is 0.0102. The zero-order valence-corrected chi connectivity index (χ0v) is 26.3. The van der Waals surface area contributed by atoms with Crippen LogP contribution in [0.2, 0.25) is 5.02 Å². The SMILES string of the molecule is O=C(NCc1ccc(-c2ccc(Cl)cc2)cc1F)C1CN(C(=O)c2ccc(Cn3cc(-c4cnc5ccccc5n4)nn3)cc2)CCO1. The number of rotatable bonds is 8. The number of nitrogens with one attached hydrogen (secondary N) is 1. The molecule has 2 amide bonds. The first kappa shape index (κ1) is 31.1. The average Bonchev–Trinajstić information content (AvgIpc) is 3.59. The molecule has 1 saturated heterocycles. The van der Waals surface area contributed by atoms with Crippen LogP contribution in [0.1, 0.15) is 21.5 Å². The number of amides is 2. The van der Waals surface area contributed by atoms with Crippen LogP contribution in [0.5, 0.6) is 0 Å². The van der Waals surface area contributed by atoms with Gasteiger partial charge in [0.1, 0.15) is 17.2 Å². The van der Waals surface area contributed by atoms with E-state index >= 15 is 0 Å². The Bertz CT molecular complexity index is 2100. The van der Waals surface area contributed by atoms with Gasteiger partial charge in [0.05, 0.1) is 43.1 Å². The lowest BCUT2D eigenvalue weighted by Crippen LogP contribution is -2.51. The Balaban J connectivity index is 0.930. The lowest BCUT2D eigenvalue weighted by Gasteiger charge is -2.32. The topological polar surface area (TPSA) is 115 Å². The first-order valence-electron chi connectivity index (χ1n) is 15.3. The van der Waals surface area contributed by atoms with Crippen molar-refractivity contribution in [3.8, 4) is 22.5 Å². The predicted octanol–water partition coefficient (Wildman–Crippen LogP) is 5.55. The summed E-state index contributed by atoms with van der Waals surface area (Å²) in [4.78, 5) is 36.9. The van der Waals surface area contributed by atoms with E-state index < -0.39 is 17.8 Å². The van der Waals surface area contributed by atoms with Gasteiger partial charge in [-0.15, -0.1) is 5.10 Å². The standard InChI is InChI=1S/C36H29ClFN7O3/c37-28-13-11-24(12-14-28)26-9-10-27(29(38)17-26)18-40-35(46)34-22-44(15-16-48-34)36(47)25-7-5-23(6-8-25)20-45-21-33(42-43-45)32-19-39-30-3-1-2-4-31(30)41-32/h1-14,17,19,21,34H,15-16,18,20,22H2,(H,40,46). The Hall–Kier alpha value is -5.52. The fraction of sp³-hybridized carbons (Fsp3) is 0.167. The number of nitrogens with zero attached hydrogens (tertiary/aromatic N) is 6. The molecule has 1 atom stereocenters. The van der Waals surface area contributed by atoms with E-state index in [1.807, 2.05) is 54.7 Å². The van der Waals surface area contributed by atoms with E-state index in [1.165, 1.54) is 6.07 Å². The van der Waals surface area contributed by atoms with Gasteiger partial charge < -0.3 is 15.0 Å². The van der Waals surface area contributed by atoms with Gasteiger partial charge in [-0.25, -0.2) is 14.1 Å². The van der Waals surface area contributed by atoms with E-state index in [0.29, 0.717) is 46.2 Å². The lowest BCUT2D eigenvalue weighted by molar-refractivity contribution is -0.137. The Morgan fingerprint density at radius 2 is 1.71 bits per heavy atom. The molecule has 6 aromatic rings. The summed E-state index contributed by atoms with van der Waals surface area (Å²) in [6, 6.07) is 26.9. The molecule has 240 valence electrons. The average molecular weight is 662 g/mol. The van der Waals surface area contributed by atoms with Crippen molar-refractivity contribution in [3.63, 3.8) is 0 Å².